The Morgan fingerprint density at radius 2 is 2.08 bits per heavy atom. The van der Waals surface area contributed by atoms with Gasteiger partial charge < -0.3 is 23.7 Å². The molecule has 140 valence electrons. The summed E-state index contributed by atoms with van der Waals surface area (Å²) < 4.78 is 18.2. The number of nitrogens with zero attached hydrogens (tertiary/aromatic N) is 2. The second-order valence-electron chi connectivity index (χ2n) is 7.11. The van der Waals surface area contributed by atoms with E-state index in [1.807, 2.05) is 38.5 Å². The second kappa shape index (κ2) is 7.91. The van der Waals surface area contributed by atoms with Crippen molar-refractivity contribution in [1.82, 2.24) is 9.47 Å². The molecule has 1 amide bonds. The molecule has 2 rings (SSSR count). The monoisotopic (exact) mass is 352 g/mol. The number of aromatic nitrogens is 1. The molecule has 0 spiro atoms. The highest BCUT2D eigenvalue weighted by Crippen LogP contribution is 2.17. The third-order valence-corrected chi connectivity index (χ3v) is 3.93. The number of amides is 1. The van der Waals surface area contributed by atoms with Crippen molar-refractivity contribution >= 4 is 12.1 Å². The van der Waals surface area contributed by atoms with Gasteiger partial charge in [-0.1, -0.05) is 0 Å². The van der Waals surface area contributed by atoms with E-state index in [1.54, 1.807) is 17.9 Å². The summed E-state index contributed by atoms with van der Waals surface area (Å²) in [5, 5.41) is 0. The van der Waals surface area contributed by atoms with Crippen LogP contribution in [0.25, 0.3) is 0 Å². The minimum atomic E-state index is -0.517. The van der Waals surface area contributed by atoms with Gasteiger partial charge in [0.15, 0.2) is 0 Å². The molecule has 1 fully saturated rings. The molecule has 25 heavy (non-hydrogen) atoms. The van der Waals surface area contributed by atoms with Crippen LogP contribution in [0.3, 0.4) is 0 Å². The predicted molar refractivity (Wildman–Crippen MR) is 92.7 cm³/mol. The number of hydrogen-bond acceptors (Lipinski definition) is 5. The Hall–Kier alpha value is -2.02. The molecule has 7 nitrogen and oxygen atoms in total. The Kier molecular flexibility index (Phi) is 6.11. The summed E-state index contributed by atoms with van der Waals surface area (Å²) in [4.78, 5) is 25.8. The molecule has 1 atom stereocenters. The standard InChI is InChI=1S/C18H28N2O5/c1-6-23-16(21)15-7-8-19(13(15)2)11-14-12-20(9-10-24-14)17(22)25-18(3,4)5/h7-8,14H,6,9-12H2,1-5H3/t14-/m1/s1. The summed E-state index contributed by atoms with van der Waals surface area (Å²) in [5.41, 5.74) is 0.870. The van der Waals surface area contributed by atoms with Crippen molar-refractivity contribution in [3.8, 4) is 0 Å². The minimum Gasteiger partial charge on any atom is -0.462 e. The van der Waals surface area contributed by atoms with E-state index >= 15 is 0 Å². The lowest BCUT2D eigenvalue weighted by Gasteiger charge is -2.34. The van der Waals surface area contributed by atoms with E-state index in [0.717, 1.165) is 5.69 Å². The maximum atomic E-state index is 12.2. The number of rotatable bonds is 4. The fourth-order valence-corrected chi connectivity index (χ4v) is 2.72. The fraction of sp³-hybridized carbons (Fsp3) is 0.667. The van der Waals surface area contributed by atoms with E-state index < -0.39 is 5.60 Å². The molecule has 1 aromatic rings. The lowest BCUT2D eigenvalue weighted by atomic mass is 10.2. The first-order chi connectivity index (χ1) is 11.7. The van der Waals surface area contributed by atoms with Crippen molar-refractivity contribution < 1.29 is 23.8 Å². The lowest BCUT2D eigenvalue weighted by Crippen LogP contribution is -2.48. The van der Waals surface area contributed by atoms with Crippen molar-refractivity contribution in [3.63, 3.8) is 0 Å². The molecular weight excluding hydrogens is 324 g/mol. The number of carbonyl (C=O) groups excluding carboxylic acids is 2. The molecule has 1 aliphatic rings. The molecule has 0 saturated carbocycles. The molecule has 0 aliphatic carbocycles. The van der Waals surface area contributed by atoms with Crippen molar-refractivity contribution in [2.45, 2.75) is 52.9 Å². The van der Waals surface area contributed by atoms with Gasteiger partial charge in [0.2, 0.25) is 0 Å². The van der Waals surface area contributed by atoms with Crippen molar-refractivity contribution in [3.05, 3.63) is 23.5 Å². The van der Waals surface area contributed by atoms with Gasteiger partial charge >= 0.3 is 12.1 Å². The summed E-state index contributed by atoms with van der Waals surface area (Å²) in [5.74, 6) is -0.321. The zero-order chi connectivity index (χ0) is 18.6. The van der Waals surface area contributed by atoms with E-state index in [1.165, 1.54) is 0 Å². The van der Waals surface area contributed by atoms with E-state index in [4.69, 9.17) is 14.2 Å². The van der Waals surface area contributed by atoms with Crippen molar-refractivity contribution in [2.75, 3.05) is 26.3 Å². The van der Waals surface area contributed by atoms with Crippen LogP contribution in [0, 0.1) is 6.92 Å². The van der Waals surface area contributed by atoms with E-state index in [0.29, 0.717) is 38.4 Å². The first-order valence-corrected chi connectivity index (χ1v) is 8.63. The van der Waals surface area contributed by atoms with Crippen molar-refractivity contribution in [1.29, 1.82) is 0 Å². The third kappa shape index (κ3) is 5.22. The Bertz CT molecular complexity index is 617. The van der Waals surface area contributed by atoms with Gasteiger partial charge in [0, 0.05) is 18.4 Å². The average molecular weight is 352 g/mol. The zero-order valence-corrected chi connectivity index (χ0v) is 15.7. The van der Waals surface area contributed by atoms with Gasteiger partial charge in [0.05, 0.1) is 38.0 Å². The van der Waals surface area contributed by atoms with Crippen LogP contribution in [0.4, 0.5) is 4.79 Å². The average Bonchev–Trinajstić information content (AvgIpc) is 2.87. The first-order valence-electron chi connectivity index (χ1n) is 8.63. The summed E-state index contributed by atoms with van der Waals surface area (Å²) in [6, 6.07) is 1.75. The Labute approximate surface area is 148 Å². The molecule has 7 heteroatoms. The molecule has 0 aromatic carbocycles. The Balaban J connectivity index is 1.99. The van der Waals surface area contributed by atoms with Crippen LogP contribution < -0.4 is 0 Å². The number of carbonyl (C=O) groups is 2. The largest absolute Gasteiger partial charge is 0.462 e. The van der Waals surface area contributed by atoms with Gasteiger partial charge in [-0.05, 0) is 40.7 Å². The maximum absolute atomic E-state index is 12.2. The normalized spacial score (nSPS) is 18.1. The number of morpholine rings is 1. The Morgan fingerprint density at radius 1 is 1.36 bits per heavy atom. The van der Waals surface area contributed by atoms with E-state index in [-0.39, 0.29) is 18.2 Å². The van der Waals surface area contributed by atoms with Crippen LogP contribution in [-0.4, -0.2) is 59.5 Å². The van der Waals surface area contributed by atoms with Crippen molar-refractivity contribution in [2.24, 2.45) is 0 Å². The second-order valence-corrected chi connectivity index (χ2v) is 7.11. The third-order valence-electron chi connectivity index (χ3n) is 3.93. The number of ether oxygens (including phenoxy) is 3. The van der Waals surface area contributed by atoms with Gasteiger partial charge in [-0.3, -0.25) is 0 Å². The van der Waals surface area contributed by atoms with Gasteiger partial charge in [-0.25, -0.2) is 9.59 Å². The van der Waals surface area contributed by atoms with Crippen LogP contribution in [0.5, 0.6) is 0 Å². The molecule has 0 N–H and O–H groups in total. The van der Waals surface area contributed by atoms with E-state index in [9.17, 15) is 9.59 Å². The minimum absolute atomic E-state index is 0.151. The molecule has 1 aromatic heterocycles. The number of esters is 1. The summed E-state index contributed by atoms with van der Waals surface area (Å²) >= 11 is 0. The molecule has 2 heterocycles. The van der Waals surface area contributed by atoms with Crippen LogP contribution in [-0.2, 0) is 20.8 Å². The molecular formula is C18H28N2O5. The van der Waals surface area contributed by atoms with Gasteiger partial charge in [0.25, 0.3) is 0 Å². The fourth-order valence-electron chi connectivity index (χ4n) is 2.72. The summed E-state index contributed by atoms with van der Waals surface area (Å²) in [7, 11) is 0. The predicted octanol–water partition coefficient (Wildman–Crippen LogP) is 2.61. The van der Waals surface area contributed by atoms with Gasteiger partial charge in [0.1, 0.15) is 5.60 Å². The highest BCUT2D eigenvalue weighted by Gasteiger charge is 2.28. The summed E-state index contributed by atoms with van der Waals surface area (Å²) in [6.45, 7) is 11.6. The van der Waals surface area contributed by atoms with Crippen LogP contribution in [0.15, 0.2) is 12.3 Å². The molecule has 0 bridgehead atoms. The van der Waals surface area contributed by atoms with Crippen LogP contribution >= 0.6 is 0 Å². The number of hydrogen-bond donors (Lipinski definition) is 0. The molecule has 0 radical (unpaired) electrons. The smallest absolute Gasteiger partial charge is 0.410 e. The molecule has 0 unspecified atom stereocenters. The SMILES string of the molecule is CCOC(=O)c1ccn(C[C@@H]2CN(C(=O)OC(C)(C)C)CCO2)c1C. The summed E-state index contributed by atoms with van der Waals surface area (Å²) in [6.07, 6.45) is 1.37. The first kappa shape index (κ1) is 19.3. The van der Waals surface area contributed by atoms with Gasteiger partial charge in [-0.15, -0.1) is 0 Å². The maximum Gasteiger partial charge on any atom is 0.410 e. The zero-order valence-electron chi connectivity index (χ0n) is 15.7. The lowest BCUT2D eigenvalue weighted by molar-refractivity contribution is -0.0474. The quantitative estimate of drug-likeness (QED) is 0.779. The topological polar surface area (TPSA) is 70.0 Å². The van der Waals surface area contributed by atoms with Crippen LogP contribution in [0.2, 0.25) is 0 Å². The molecule has 1 aliphatic heterocycles. The Morgan fingerprint density at radius 3 is 2.72 bits per heavy atom. The van der Waals surface area contributed by atoms with Gasteiger partial charge in [-0.2, -0.15) is 0 Å². The van der Waals surface area contributed by atoms with E-state index in [2.05, 4.69) is 0 Å². The molecule has 1 saturated heterocycles. The van der Waals surface area contributed by atoms with Crippen LogP contribution in [0.1, 0.15) is 43.7 Å². The highest BCUT2D eigenvalue weighted by atomic mass is 16.6. The highest BCUT2D eigenvalue weighted by molar-refractivity contribution is 5.90.